The SMILES string of the molecule is NNc1nc(-c2ccoc2)nc2c1COCC2. The average Bonchev–Trinajstić information content (AvgIpc) is 2.91. The number of nitrogens with two attached hydrogens (primary N) is 1. The van der Waals surface area contributed by atoms with Crippen molar-refractivity contribution in [3.8, 4) is 11.4 Å². The highest BCUT2D eigenvalue weighted by molar-refractivity contribution is 5.58. The molecule has 3 rings (SSSR count). The summed E-state index contributed by atoms with van der Waals surface area (Å²) in [5.41, 5.74) is 5.36. The molecule has 3 N–H and O–H groups in total. The van der Waals surface area contributed by atoms with Crippen molar-refractivity contribution in [3.05, 3.63) is 29.9 Å². The van der Waals surface area contributed by atoms with Gasteiger partial charge in [-0.15, -0.1) is 0 Å². The van der Waals surface area contributed by atoms with Crippen molar-refractivity contribution in [1.82, 2.24) is 9.97 Å². The molecule has 0 aromatic carbocycles. The lowest BCUT2D eigenvalue weighted by Crippen LogP contribution is -2.19. The molecule has 0 saturated heterocycles. The molecular weight excluding hydrogens is 220 g/mol. The minimum Gasteiger partial charge on any atom is -0.472 e. The van der Waals surface area contributed by atoms with Gasteiger partial charge in [0.15, 0.2) is 5.82 Å². The molecule has 0 amide bonds. The topological polar surface area (TPSA) is 86.2 Å². The van der Waals surface area contributed by atoms with Crippen molar-refractivity contribution >= 4 is 5.82 Å². The number of nitrogens with zero attached hydrogens (tertiary/aromatic N) is 2. The molecule has 3 heterocycles. The van der Waals surface area contributed by atoms with Gasteiger partial charge in [-0.3, -0.25) is 0 Å². The summed E-state index contributed by atoms with van der Waals surface area (Å²) in [6, 6.07) is 1.82. The van der Waals surface area contributed by atoms with Crippen LogP contribution in [0.3, 0.4) is 0 Å². The molecule has 1 aliphatic rings. The second-order valence-electron chi connectivity index (χ2n) is 3.78. The summed E-state index contributed by atoms with van der Waals surface area (Å²) in [7, 11) is 0. The van der Waals surface area contributed by atoms with Crippen LogP contribution in [-0.2, 0) is 17.8 Å². The van der Waals surface area contributed by atoms with Gasteiger partial charge in [-0.1, -0.05) is 0 Å². The molecule has 6 nitrogen and oxygen atoms in total. The molecule has 2 aromatic rings. The first-order valence-electron chi connectivity index (χ1n) is 5.35. The molecule has 0 saturated carbocycles. The molecule has 2 aromatic heterocycles. The molecule has 0 bridgehead atoms. The fourth-order valence-corrected chi connectivity index (χ4v) is 1.87. The Hall–Kier alpha value is -1.92. The number of aromatic nitrogens is 2. The second kappa shape index (κ2) is 4.15. The zero-order valence-electron chi connectivity index (χ0n) is 9.14. The third kappa shape index (κ3) is 1.77. The maximum absolute atomic E-state index is 5.48. The van der Waals surface area contributed by atoms with Crippen molar-refractivity contribution < 1.29 is 9.15 Å². The lowest BCUT2D eigenvalue weighted by atomic mass is 10.1. The Kier molecular flexibility index (Phi) is 2.50. The predicted octanol–water partition coefficient (Wildman–Crippen LogP) is 1.09. The van der Waals surface area contributed by atoms with Crippen molar-refractivity contribution in [3.63, 3.8) is 0 Å². The standard InChI is InChI=1S/C11H12N4O2/c12-15-11-8-6-17-4-2-9(8)13-10(14-11)7-1-3-16-5-7/h1,3,5H,2,4,6,12H2,(H,13,14,15). The maximum Gasteiger partial charge on any atom is 0.165 e. The summed E-state index contributed by atoms with van der Waals surface area (Å²) in [6.07, 6.45) is 3.98. The molecule has 1 aliphatic heterocycles. The number of nitrogen functional groups attached to an aromatic ring is 1. The largest absolute Gasteiger partial charge is 0.472 e. The molecule has 88 valence electrons. The van der Waals surface area contributed by atoms with Gasteiger partial charge in [0.05, 0.1) is 30.7 Å². The van der Waals surface area contributed by atoms with E-state index in [0.717, 1.165) is 23.2 Å². The van der Waals surface area contributed by atoms with Gasteiger partial charge in [0.2, 0.25) is 0 Å². The Morgan fingerprint density at radius 3 is 3.06 bits per heavy atom. The highest BCUT2D eigenvalue weighted by Gasteiger charge is 2.18. The minimum atomic E-state index is 0.501. The zero-order chi connectivity index (χ0) is 11.7. The van der Waals surface area contributed by atoms with Crippen LogP contribution in [0.25, 0.3) is 11.4 Å². The molecule has 0 unspecified atom stereocenters. The first-order valence-corrected chi connectivity index (χ1v) is 5.35. The molecule has 0 aliphatic carbocycles. The molecule has 0 radical (unpaired) electrons. The maximum atomic E-state index is 5.48. The second-order valence-corrected chi connectivity index (χ2v) is 3.78. The van der Waals surface area contributed by atoms with Gasteiger partial charge in [-0.05, 0) is 6.07 Å². The first kappa shape index (κ1) is 10.2. The smallest absolute Gasteiger partial charge is 0.165 e. The van der Waals surface area contributed by atoms with Crippen LogP contribution in [0.2, 0.25) is 0 Å². The van der Waals surface area contributed by atoms with Crippen LogP contribution in [0.5, 0.6) is 0 Å². The van der Waals surface area contributed by atoms with Crippen molar-refractivity contribution in [2.75, 3.05) is 12.0 Å². The molecule has 0 fully saturated rings. The molecular formula is C11H12N4O2. The highest BCUT2D eigenvalue weighted by atomic mass is 16.5. The van der Waals surface area contributed by atoms with Crippen molar-refractivity contribution in [1.29, 1.82) is 0 Å². The monoisotopic (exact) mass is 232 g/mol. The predicted molar refractivity (Wildman–Crippen MR) is 60.9 cm³/mol. The van der Waals surface area contributed by atoms with Gasteiger partial charge >= 0.3 is 0 Å². The van der Waals surface area contributed by atoms with Crippen LogP contribution in [0.15, 0.2) is 23.0 Å². The Balaban J connectivity index is 2.12. The average molecular weight is 232 g/mol. The number of anilines is 1. The van der Waals surface area contributed by atoms with Crippen LogP contribution >= 0.6 is 0 Å². The molecule has 0 spiro atoms. The summed E-state index contributed by atoms with van der Waals surface area (Å²) in [4.78, 5) is 8.88. The molecule has 17 heavy (non-hydrogen) atoms. The third-order valence-electron chi connectivity index (χ3n) is 2.74. The lowest BCUT2D eigenvalue weighted by Gasteiger charge is -2.18. The van der Waals surface area contributed by atoms with Crippen molar-refractivity contribution in [2.24, 2.45) is 5.84 Å². The summed E-state index contributed by atoms with van der Waals surface area (Å²) >= 11 is 0. The first-order chi connectivity index (χ1) is 8.38. The number of hydrogen-bond acceptors (Lipinski definition) is 6. The van der Waals surface area contributed by atoms with E-state index in [4.69, 9.17) is 15.0 Å². The van der Waals surface area contributed by atoms with Crippen LogP contribution in [-0.4, -0.2) is 16.6 Å². The Labute approximate surface area is 97.8 Å². The van der Waals surface area contributed by atoms with E-state index >= 15 is 0 Å². The van der Waals surface area contributed by atoms with E-state index in [0.29, 0.717) is 24.9 Å². The van der Waals surface area contributed by atoms with Gasteiger partial charge in [0, 0.05) is 12.0 Å². The number of nitrogens with one attached hydrogen (secondary N) is 1. The summed E-state index contributed by atoms with van der Waals surface area (Å²) < 4.78 is 10.4. The van der Waals surface area contributed by atoms with Crippen LogP contribution in [0.4, 0.5) is 5.82 Å². The number of hydrogen-bond donors (Lipinski definition) is 2. The van der Waals surface area contributed by atoms with Crippen LogP contribution in [0, 0.1) is 0 Å². The van der Waals surface area contributed by atoms with E-state index in [1.54, 1.807) is 12.5 Å². The van der Waals surface area contributed by atoms with Crippen molar-refractivity contribution in [2.45, 2.75) is 13.0 Å². The van der Waals surface area contributed by atoms with Crippen LogP contribution < -0.4 is 11.3 Å². The Morgan fingerprint density at radius 2 is 2.29 bits per heavy atom. The van der Waals surface area contributed by atoms with E-state index < -0.39 is 0 Å². The summed E-state index contributed by atoms with van der Waals surface area (Å²) in [5, 5.41) is 0. The summed E-state index contributed by atoms with van der Waals surface area (Å²) in [5.74, 6) is 6.71. The fraction of sp³-hybridized carbons (Fsp3) is 0.273. The number of fused-ring (bicyclic) bond motifs is 1. The Morgan fingerprint density at radius 1 is 1.35 bits per heavy atom. The Bertz CT molecular complexity index is 507. The quantitative estimate of drug-likeness (QED) is 0.595. The normalized spacial score (nSPS) is 14.4. The number of furan rings is 1. The van der Waals surface area contributed by atoms with E-state index in [-0.39, 0.29) is 0 Å². The summed E-state index contributed by atoms with van der Waals surface area (Å²) in [6.45, 7) is 1.18. The van der Waals surface area contributed by atoms with E-state index in [9.17, 15) is 0 Å². The lowest BCUT2D eigenvalue weighted by molar-refractivity contribution is 0.109. The van der Waals surface area contributed by atoms with Crippen LogP contribution in [0.1, 0.15) is 11.3 Å². The minimum absolute atomic E-state index is 0.501. The molecule has 0 atom stereocenters. The van der Waals surface area contributed by atoms with Gasteiger partial charge in [0.25, 0.3) is 0 Å². The number of rotatable bonds is 2. The van der Waals surface area contributed by atoms with Gasteiger partial charge in [-0.2, -0.15) is 0 Å². The van der Waals surface area contributed by atoms with E-state index in [1.165, 1.54) is 0 Å². The zero-order valence-corrected chi connectivity index (χ0v) is 9.14. The van der Waals surface area contributed by atoms with Gasteiger partial charge in [-0.25, -0.2) is 15.8 Å². The van der Waals surface area contributed by atoms with E-state index in [2.05, 4.69) is 15.4 Å². The van der Waals surface area contributed by atoms with E-state index in [1.807, 2.05) is 6.07 Å². The fourth-order valence-electron chi connectivity index (χ4n) is 1.87. The van der Waals surface area contributed by atoms with Gasteiger partial charge in [0.1, 0.15) is 12.1 Å². The number of ether oxygens (including phenoxy) is 1. The highest BCUT2D eigenvalue weighted by Crippen LogP contribution is 2.25. The van der Waals surface area contributed by atoms with Gasteiger partial charge < -0.3 is 14.6 Å². The molecule has 6 heteroatoms. The third-order valence-corrected chi connectivity index (χ3v) is 2.74. The number of hydrazine groups is 1.